The van der Waals surface area contributed by atoms with E-state index in [-0.39, 0.29) is 11.7 Å². The Morgan fingerprint density at radius 1 is 1.25 bits per heavy atom. The minimum absolute atomic E-state index is 0.123. The van der Waals surface area contributed by atoms with Crippen LogP contribution in [-0.4, -0.2) is 26.0 Å². The number of carbonyl (C=O) groups excluding carboxylic acids is 1. The summed E-state index contributed by atoms with van der Waals surface area (Å²) in [5.41, 5.74) is 1.73. The summed E-state index contributed by atoms with van der Waals surface area (Å²) in [6.45, 7) is 1.87. The molecular formula is C16H13BrN4O2S. The number of nitrogens with one attached hydrogen (secondary N) is 1. The number of aryl methyl sites for hydroxylation is 1. The summed E-state index contributed by atoms with van der Waals surface area (Å²) in [6, 6.07) is 10.9. The van der Waals surface area contributed by atoms with Gasteiger partial charge < -0.3 is 5.32 Å². The normalized spacial score (nSPS) is 10.8. The molecule has 2 aromatic heterocycles. The lowest BCUT2D eigenvalue weighted by molar-refractivity contribution is -0.113. The smallest absolute Gasteiger partial charge is 0.325 e. The standard InChI is InChI=1S/C16H13BrN4O2S/c1-10-3-2-8-21-14(10)19-15(20-16(21)23)24-9-13(22)18-12-6-4-11(17)5-7-12/h2-8H,9H2,1H3,(H,18,22). The summed E-state index contributed by atoms with van der Waals surface area (Å²) in [5.74, 6) is -0.0618. The predicted molar refractivity (Wildman–Crippen MR) is 97.5 cm³/mol. The average molecular weight is 405 g/mol. The van der Waals surface area contributed by atoms with Crippen LogP contribution < -0.4 is 11.0 Å². The van der Waals surface area contributed by atoms with Crippen LogP contribution in [0.1, 0.15) is 5.56 Å². The van der Waals surface area contributed by atoms with Crippen LogP contribution in [0.2, 0.25) is 0 Å². The van der Waals surface area contributed by atoms with Gasteiger partial charge in [0.05, 0.1) is 5.75 Å². The molecule has 0 aliphatic carbocycles. The third-order valence-corrected chi connectivity index (χ3v) is 4.60. The summed E-state index contributed by atoms with van der Waals surface area (Å²) in [6.07, 6.45) is 1.62. The number of benzene rings is 1. The lowest BCUT2D eigenvalue weighted by Gasteiger charge is -2.06. The Kier molecular flexibility index (Phi) is 4.96. The number of fused-ring (bicyclic) bond motifs is 1. The molecule has 3 rings (SSSR count). The maximum Gasteiger partial charge on any atom is 0.355 e. The lowest BCUT2D eigenvalue weighted by atomic mass is 10.3. The van der Waals surface area contributed by atoms with Crippen molar-refractivity contribution in [1.82, 2.24) is 14.4 Å². The molecule has 0 aliphatic heterocycles. The molecule has 0 unspecified atom stereocenters. The predicted octanol–water partition coefficient (Wildman–Crippen LogP) is 2.89. The van der Waals surface area contributed by atoms with Gasteiger partial charge in [0.2, 0.25) is 5.91 Å². The second-order valence-corrected chi connectivity index (χ2v) is 6.88. The van der Waals surface area contributed by atoms with E-state index in [1.807, 2.05) is 25.1 Å². The molecule has 1 N–H and O–H groups in total. The maximum absolute atomic E-state index is 12.0. The Morgan fingerprint density at radius 3 is 2.75 bits per heavy atom. The largest absolute Gasteiger partial charge is 0.355 e. The van der Waals surface area contributed by atoms with Crippen molar-refractivity contribution in [2.24, 2.45) is 0 Å². The molecule has 122 valence electrons. The van der Waals surface area contributed by atoms with Crippen molar-refractivity contribution in [1.29, 1.82) is 0 Å². The number of carbonyl (C=O) groups is 1. The van der Waals surface area contributed by atoms with Crippen LogP contribution in [0.5, 0.6) is 0 Å². The highest BCUT2D eigenvalue weighted by molar-refractivity contribution is 9.10. The van der Waals surface area contributed by atoms with Crippen LogP contribution in [0.4, 0.5) is 5.69 Å². The minimum Gasteiger partial charge on any atom is -0.325 e. The van der Waals surface area contributed by atoms with Gasteiger partial charge in [0.15, 0.2) is 5.16 Å². The van der Waals surface area contributed by atoms with E-state index in [0.717, 1.165) is 21.8 Å². The molecule has 8 heteroatoms. The summed E-state index contributed by atoms with van der Waals surface area (Å²) in [5, 5.41) is 3.07. The number of thioether (sulfide) groups is 1. The number of halogens is 1. The first-order valence-corrected chi connectivity index (χ1v) is 8.85. The van der Waals surface area contributed by atoms with Gasteiger partial charge in [-0.2, -0.15) is 4.98 Å². The molecule has 0 aliphatic rings. The third kappa shape index (κ3) is 3.82. The highest BCUT2D eigenvalue weighted by Gasteiger charge is 2.09. The highest BCUT2D eigenvalue weighted by Crippen LogP contribution is 2.16. The van der Waals surface area contributed by atoms with Gasteiger partial charge in [-0.1, -0.05) is 33.8 Å². The zero-order valence-electron chi connectivity index (χ0n) is 12.7. The topological polar surface area (TPSA) is 76.4 Å². The van der Waals surface area contributed by atoms with Crippen LogP contribution in [0.25, 0.3) is 5.65 Å². The van der Waals surface area contributed by atoms with E-state index < -0.39 is 5.69 Å². The fourth-order valence-corrected chi connectivity index (χ4v) is 2.97. The molecule has 3 aromatic rings. The van der Waals surface area contributed by atoms with E-state index >= 15 is 0 Å². The Balaban J connectivity index is 1.71. The van der Waals surface area contributed by atoms with Crippen molar-refractivity contribution >= 4 is 44.9 Å². The van der Waals surface area contributed by atoms with Crippen molar-refractivity contribution < 1.29 is 4.79 Å². The van der Waals surface area contributed by atoms with Crippen LogP contribution in [0, 0.1) is 6.92 Å². The first-order valence-electron chi connectivity index (χ1n) is 7.07. The zero-order chi connectivity index (χ0) is 17.1. The molecule has 24 heavy (non-hydrogen) atoms. The summed E-state index contributed by atoms with van der Waals surface area (Å²) in [7, 11) is 0. The second kappa shape index (κ2) is 7.14. The molecule has 0 bridgehead atoms. The van der Waals surface area contributed by atoms with Crippen LogP contribution in [-0.2, 0) is 4.79 Å². The molecule has 1 aromatic carbocycles. The first-order chi connectivity index (χ1) is 11.5. The fraction of sp³-hybridized carbons (Fsp3) is 0.125. The van der Waals surface area contributed by atoms with Gasteiger partial charge in [-0.25, -0.2) is 9.78 Å². The average Bonchev–Trinajstić information content (AvgIpc) is 2.56. The number of nitrogens with zero attached hydrogens (tertiary/aromatic N) is 3. The van der Waals surface area contributed by atoms with E-state index in [1.54, 1.807) is 24.4 Å². The molecule has 6 nitrogen and oxygen atoms in total. The number of aromatic nitrogens is 3. The van der Waals surface area contributed by atoms with Crippen molar-refractivity contribution in [3.63, 3.8) is 0 Å². The Morgan fingerprint density at radius 2 is 2.00 bits per heavy atom. The van der Waals surface area contributed by atoms with Gasteiger partial charge >= 0.3 is 5.69 Å². The van der Waals surface area contributed by atoms with Gasteiger partial charge in [-0.05, 0) is 42.8 Å². The number of hydrogen-bond donors (Lipinski definition) is 1. The number of rotatable bonds is 4. The van der Waals surface area contributed by atoms with Gasteiger partial charge in [0, 0.05) is 16.4 Å². The molecule has 2 heterocycles. The molecule has 1 amide bonds. The third-order valence-electron chi connectivity index (χ3n) is 3.22. The van der Waals surface area contributed by atoms with E-state index in [0.29, 0.717) is 16.5 Å². The number of hydrogen-bond acceptors (Lipinski definition) is 5. The Labute approximate surface area is 150 Å². The van der Waals surface area contributed by atoms with E-state index in [1.165, 1.54) is 4.40 Å². The van der Waals surface area contributed by atoms with Crippen LogP contribution in [0.15, 0.2) is 57.0 Å². The fourth-order valence-electron chi connectivity index (χ4n) is 2.08. The number of anilines is 1. The van der Waals surface area contributed by atoms with Crippen molar-refractivity contribution in [2.75, 3.05) is 11.1 Å². The van der Waals surface area contributed by atoms with Gasteiger partial charge in [0.25, 0.3) is 0 Å². The van der Waals surface area contributed by atoms with Gasteiger partial charge in [0.1, 0.15) is 5.65 Å². The van der Waals surface area contributed by atoms with Crippen molar-refractivity contribution in [3.05, 3.63) is 63.1 Å². The highest BCUT2D eigenvalue weighted by atomic mass is 79.9. The number of pyridine rings is 1. The minimum atomic E-state index is -0.403. The molecule has 0 saturated carbocycles. The number of amides is 1. The Bertz CT molecular complexity index is 956. The summed E-state index contributed by atoms with van der Waals surface area (Å²) < 4.78 is 2.33. The maximum atomic E-state index is 12.0. The van der Waals surface area contributed by atoms with Crippen LogP contribution in [0.3, 0.4) is 0 Å². The summed E-state index contributed by atoms with van der Waals surface area (Å²) in [4.78, 5) is 32.3. The second-order valence-electron chi connectivity index (χ2n) is 5.02. The lowest BCUT2D eigenvalue weighted by Crippen LogP contribution is -2.20. The zero-order valence-corrected chi connectivity index (χ0v) is 15.1. The van der Waals surface area contributed by atoms with Crippen molar-refractivity contribution in [2.45, 2.75) is 12.1 Å². The first kappa shape index (κ1) is 16.7. The summed E-state index contributed by atoms with van der Waals surface area (Å²) >= 11 is 4.47. The van der Waals surface area contributed by atoms with Crippen molar-refractivity contribution in [3.8, 4) is 0 Å². The monoisotopic (exact) mass is 404 g/mol. The van der Waals surface area contributed by atoms with Gasteiger partial charge in [-0.3, -0.25) is 9.20 Å². The molecule has 0 radical (unpaired) electrons. The SMILES string of the molecule is Cc1cccn2c(=O)nc(SCC(=O)Nc3ccc(Br)cc3)nc12. The molecule has 0 spiro atoms. The van der Waals surface area contributed by atoms with Crippen LogP contribution >= 0.6 is 27.7 Å². The molecule has 0 saturated heterocycles. The van der Waals surface area contributed by atoms with E-state index in [4.69, 9.17) is 0 Å². The Hall–Kier alpha value is -2.19. The molecular weight excluding hydrogens is 392 g/mol. The quantitative estimate of drug-likeness (QED) is 0.676. The van der Waals surface area contributed by atoms with E-state index in [9.17, 15) is 9.59 Å². The molecule has 0 fully saturated rings. The van der Waals surface area contributed by atoms with E-state index in [2.05, 4.69) is 31.2 Å². The molecule has 0 atom stereocenters. The van der Waals surface area contributed by atoms with Gasteiger partial charge in [-0.15, -0.1) is 0 Å².